The molecule has 6 nitrogen and oxygen atoms in total. The molecule has 148 valence electrons. The van der Waals surface area contributed by atoms with Crippen molar-refractivity contribution < 1.29 is 14.3 Å². The molecule has 28 heavy (non-hydrogen) atoms. The largest absolute Gasteiger partial charge is 0.457 e. The van der Waals surface area contributed by atoms with Gasteiger partial charge in [0, 0.05) is 25.7 Å². The molecule has 0 saturated carbocycles. The monoisotopic (exact) mass is 381 g/mol. The van der Waals surface area contributed by atoms with E-state index in [0.717, 1.165) is 17.1 Å². The molecule has 0 spiro atoms. The van der Waals surface area contributed by atoms with Gasteiger partial charge in [0.05, 0.1) is 12.5 Å². The minimum atomic E-state index is -0.466. The summed E-state index contributed by atoms with van der Waals surface area (Å²) >= 11 is 0. The second-order valence-corrected chi connectivity index (χ2v) is 7.27. The van der Waals surface area contributed by atoms with Crippen LogP contribution in [0.15, 0.2) is 54.6 Å². The molecule has 1 unspecified atom stereocenters. The highest BCUT2D eigenvalue weighted by Gasteiger charge is 2.31. The van der Waals surface area contributed by atoms with Gasteiger partial charge >= 0.3 is 0 Å². The lowest BCUT2D eigenvalue weighted by molar-refractivity contribution is -0.134. The first-order valence-corrected chi connectivity index (χ1v) is 9.64. The lowest BCUT2D eigenvalue weighted by atomic mass is 10.1. The molecule has 1 saturated heterocycles. The fourth-order valence-corrected chi connectivity index (χ4v) is 3.30. The molecule has 0 radical (unpaired) electrons. The molecule has 6 heteroatoms. The number of nitrogens with zero attached hydrogens (tertiary/aromatic N) is 1. The summed E-state index contributed by atoms with van der Waals surface area (Å²) in [6, 6.07) is 17.0. The van der Waals surface area contributed by atoms with Crippen LogP contribution in [-0.4, -0.2) is 41.9 Å². The van der Waals surface area contributed by atoms with Crippen LogP contribution >= 0.6 is 0 Å². The third-order valence-electron chi connectivity index (χ3n) is 4.53. The maximum Gasteiger partial charge on any atom is 0.237 e. The Bertz CT molecular complexity index is 808. The standard InChI is InChI=1S/C22H27N3O3/c1-16(2)24-21(26)14-20-22(27)23-11-12-25(20)15-17-7-6-10-19(13-17)28-18-8-4-3-5-9-18/h3-10,13,16,20H,11-12,14-15H2,1-2H3,(H,23,27)(H,24,26). The minimum absolute atomic E-state index is 0.0550. The number of carbonyl (C=O) groups excluding carboxylic acids is 2. The predicted molar refractivity (Wildman–Crippen MR) is 108 cm³/mol. The first-order valence-electron chi connectivity index (χ1n) is 9.64. The van der Waals surface area contributed by atoms with E-state index >= 15 is 0 Å². The molecule has 2 N–H and O–H groups in total. The van der Waals surface area contributed by atoms with Crippen LogP contribution in [0, 0.1) is 0 Å². The molecule has 1 atom stereocenters. The van der Waals surface area contributed by atoms with Gasteiger partial charge < -0.3 is 15.4 Å². The van der Waals surface area contributed by atoms with Crippen molar-refractivity contribution >= 4 is 11.8 Å². The number of benzene rings is 2. The topological polar surface area (TPSA) is 70.7 Å². The van der Waals surface area contributed by atoms with Gasteiger partial charge in [0.25, 0.3) is 0 Å². The second kappa shape index (κ2) is 9.37. The fraction of sp³-hybridized carbons (Fsp3) is 0.364. The number of ether oxygens (including phenoxy) is 1. The van der Waals surface area contributed by atoms with Crippen LogP contribution in [0.25, 0.3) is 0 Å². The first kappa shape index (κ1) is 19.9. The molecule has 1 aliphatic heterocycles. The molecule has 2 amide bonds. The Morgan fingerprint density at radius 3 is 2.68 bits per heavy atom. The summed E-state index contributed by atoms with van der Waals surface area (Å²) in [5.74, 6) is 1.32. The van der Waals surface area contributed by atoms with Crippen molar-refractivity contribution in [2.75, 3.05) is 13.1 Å². The lowest BCUT2D eigenvalue weighted by Crippen LogP contribution is -2.56. The summed E-state index contributed by atoms with van der Waals surface area (Å²) in [6.07, 6.45) is 0.157. The molecule has 1 heterocycles. The van der Waals surface area contributed by atoms with Crippen LogP contribution in [0.4, 0.5) is 0 Å². The third-order valence-corrected chi connectivity index (χ3v) is 4.53. The molecule has 1 fully saturated rings. The Hall–Kier alpha value is -2.86. The minimum Gasteiger partial charge on any atom is -0.457 e. The van der Waals surface area contributed by atoms with Crippen molar-refractivity contribution in [2.24, 2.45) is 0 Å². The van der Waals surface area contributed by atoms with Crippen molar-refractivity contribution in [3.8, 4) is 11.5 Å². The van der Waals surface area contributed by atoms with Crippen molar-refractivity contribution in [3.63, 3.8) is 0 Å². The van der Waals surface area contributed by atoms with E-state index in [1.807, 2.05) is 68.4 Å². The highest BCUT2D eigenvalue weighted by Crippen LogP contribution is 2.23. The number of piperazine rings is 1. The number of nitrogens with one attached hydrogen (secondary N) is 2. The van der Waals surface area contributed by atoms with E-state index in [-0.39, 0.29) is 24.3 Å². The van der Waals surface area contributed by atoms with Gasteiger partial charge in [0.15, 0.2) is 0 Å². The molecular weight excluding hydrogens is 354 g/mol. The fourth-order valence-electron chi connectivity index (χ4n) is 3.30. The maximum atomic E-state index is 12.4. The van der Waals surface area contributed by atoms with Crippen molar-refractivity contribution in [2.45, 2.75) is 38.9 Å². The molecule has 3 rings (SSSR count). The lowest BCUT2D eigenvalue weighted by Gasteiger charge is -2.34. The van der Waals surface area contributed by atoms with Gasteiger partial charge in [-0.1, -0.05) is 30.3 Å². The predicted octanol–water partition coefficient (Wildman–Crippen LogP) is 2.69. The van der Waals surface area contributed by atoms with Crippen LogP contribution < -0.4 is 15.4 Å². The van der Waals surface area contributed by atoms with E-state index in [1.54, 1.807) is 0 Å². The van der Waals surface area contributed by atoms with Gasteiger partial charge in [-0.25, -0.2) is 0 Å². The molecule has 0 aromatic heterocycles. The summed E-state index contributed by atoms with van der Waals surface area (Å²) < 4.78 is 5.90. The number of carbonyl (C=O) groups is 2. The zero-order chi connectivity index (χ0) is 19.9. The van der Waals surface area contributed by atoms with Crippen LogP contribution in [0.2, 0.25) is 0 Å². The Morgan fingerprint density at radius 1 is 1.18 bits per heavy atom. The van der Waals surface area contributed by atoms with Crippen LogP contribution in [-0.2, 0) is 16.1 Å². The van der Waals surface area contributed by atoms with Crippen molar-refractivity contribution in [1.29, 1.82) is 0 Å². The van der Waals surface area contributed by atoms with Gasteiger partial charge in [-0.15, -0.1) is 0 Å². The summed E-state index contributed by atoms with van der Waals surface area (Å²) in [5.41, 5.74) is 1.04. The Kier molecular flexibility index (Phi) is 6.66. The van der Waals surface area contributed by atoms with Crippen molar-refractivity contribution in [3.05, 3.63) is 60.2 Å². The van der Waals surface area contributed by atoms with Gasteiger partial charge in [-0.05, 0) is 43.7 Å². The number of hydrogen-bond acceptors (Lipinski definition) is 4. The van der Waals surface area contributed by atoms with E-state index in [9.17, 15) is 9.59 Å². The summed E-state index contributed by atoms with van der Waals surface area (Å²) in [5, 5.41) is 5.73. The smallest absolute Gasteiger partial charge is 0.237 e. The first-order chi connectivity index (χ1) is 13.5. The van der Waals surface area contributed by atoms with Gasteiger partial charge in [-0.2, -0.15) is 0 Å². The van der Waals surface area contributed by atoms with Crippen molar-refractivity contribution in [1.82, 2.24) is 15.5 Å². The molecular formula is C22H27N3O3. The quantitative estimate of drug-likeness (QED) is 0.774. The Morgan fingerprint density at radius 2 is 1.93 bits per heavy atom. The zero-order valence-electron chi connectivity index (χ0n) is 16.4. The second-order valence-electron chi connectivity index (χ2n) is 7.27. The van der Waals surface area contributed by atoms with Crippen LogP contribution in [0.5, 0.6) is 11.5 Å². The molecule has 0 bridgehead atoms. The summed E-state index contributed by atoms with van der Waals surface area (Å²) in [4.78, 5) is 26.6. The number of amides is 2. The number of hydrogen-bond donors (Lipinski definition) is 2. The average Bonchev–Trinajstić information content (AvgIpc) is 2.65. The number of para-hydroxylation sites is 1. The van der Waals surface area contributed by atoms with Gasteiger partial charge in [0.1, 0.15) is 11.5 Å². The highest BCUT2D eigenvalue weighted by molar-refractivity contribution is 5.88. The maximum absolute atomic E-state index is 12.4. The van der Waals surface area contributed by atoms with E-state index in [4.69, 9.17) is 4.74 Å². The Balaban J connectivity index is 1.69. The zero-order valence-corrected chi connectivity index (χ0v) is 16.4. The SMILES string of the molecule is CC(C)NC(=O)CC1C(=O)NCCN1Cc1cccc(Oc2ccccc2)c1. The normalized spacial score (nSPS) is 17.2. The van der Waals surface area contributed by atoms with Crippen LogP contribution in [0.1, 0.15) is 25.8 Å². The van der Waals surface area contributed by atoms with E-state index in [1.165, 1.54) is 0 Å². The van der Waals surface area contributed by atoms with E-state index in [2.05, 4.69) is 15.5 Å². The summed E-state index contributed by atoms with van der Waals surface area (Å²) in [7, 11) is 0. The van der Waals surface area contributed by atoms with E-state index < -0.39 is 6.04 Å². The number of rotatable bonds is 7. The molecule has 2 aromatic rings. The molecule has 2 aromatic carbocycles. The Labute approximate surface area is 165 Å². The summed E-state index contributed by atoms with van der Waals surface area (Å²) in [6.45, 7) is 5.69. The third kappa shape index (κ3) is 5.57. The average molecular weight is 381 g/mol. The van der Waals surface area contributed by atoms with Gasteiger partial charge in [0.2, 0.25) is 11.8 Å². The van der Waals surface area contributed by atoms with Gasteiger partial charge in [-0.3, -0.25) is 14.5 Å². The van der Waals surface area contributed by atoms with Crippen LogP contribution in [0.3, 0.4) is 0 Å². The molecule has 0 aliphatic carbocycles. The van der Waals surface area contributed by atoms with E-state index in [0.29, 0.717) is 19.6 Å². The highest BCUT2D eigenvalue weighted by atomic mass is 16.5. The molecule has 1 aliphatic rings.